The quantitative estimate of drug-likeness (QED) is 0.864. The molecule has 0 saturated heterocycles. The third-order valence-electron chi connectivity index (χ3n) is 4.82. The van der Waals surface area contributed by atoms with Crippen LogP contribution in [0, 0.1) is 0 Å². The molecule has 1 aliphatic heterocycles. The van der Waals surface area contributed by atoms with Gasteiger partial charge >= 0.3 is 6.18 Å². The minimum Gasteiger partial charge on any atom is -0.674 e. The molecule has 0 unspecified atom stereocenters. The molecule has 124 valence electrons. The molecule has 0 atom stereocenters. The summed E-state index contributed by atoms with van der Waals surface area (Å²) < 4.78 is 38.8. The van der Waals surface area contributed by atoms with E-state index in [0.29, 0.717) is 5.57 Å². The SMILES string of the molecule is [NH-]CC1=C(c2cccc(C(F)(F)F)c2)C(=O)NC12CCCCC2. The number of benzene rings is 1. The lowest BCUT2D eigenvalue weighted by Crippen LogP contribution is -2.46. The van der Waals surface area contributed by atoms with E-state index in [9.17, 15) is 18.0 Å². The fourth-order valence-corrected chi connectivity index (χ4v) is 3.73. The van der Waals surface area contributed by atoms with Crippen LogP contribution in [0.5, 0.6) is 0 Å². The van der Waals surface area contributed by atoms with E-state index in [-0.39, 0.29) is 23.6 Å². The standard InChI is InChI=1S/C17H18F3N2O/c18-17(19,20)12-6-4-5-11(9-12)14-13(10-21)16(22-15(14)23)7-2-1-3-8-16/h4-6,9,21H,1-3,7-8,10H2,(H,22,23)/q-1. The van der Waals surface area contributed by atoms with Gasteiger partial charge in [-0.2, -0.15) is 13.2 Å². The summed E-state index contributed by atoms with van der Waals surface area (Å²) in [6, 6.07) is 4.83. The topological polar surface area (TPSA) is 52.9 Å². The Morgan fingerprint density at radius 1 is 1.17 bits per heavy atom. The predicted octanol–water partition coefficient (Wildman–Crippen LogP) is 4.34. The Kier molecular flexibility index (Phi) is 3.96. The molecule has 3 rings (SSSR count). The van der Waals surface area contributed by atoms with Gasteiger partial charge in [-0.25, -0.2) is 0 Å². The number of halogens is 3. The Morgan fingerprint density at radius 2 is 1.87 bits per heavy atom. The largest absolute Gasteiger partial charge is 0.674 e. The maximum absolute atomic E-state index is 12.9. The second kappa shape index (κ2) is 5.67. The van der Waals surface area contributed by atoms with Crippen molar-refractivity contribution in [3.05, 3.63) is 46.7 Å². The van der Waals surface area contributed by atoms with Gasteiger partial charge in [0.15, 0.2) is 0 Å². The first-order valence-corrected chi connectivity index (χ1v) is 7.76. The van der Waals surface area contributed by atoms with Crippen LogP contribution in [-0.4, -0.2) is 18.0 Å². The van der Waals surface area contributed by atoms with Crippen LogP contribution in [0.1, 0.15) is 43.2 Å². The van der Waals surface area contributed by atoms with E-state index in [2.05, 4.69) is 5.32 Å². The summed E-state index contributed by atoms with van der Waals surface area (Å²) in [6.07, 6.45) is 0.0707. The van der Waals surface area contributed by atoms with Gasteiger partial charge in [-0.15, -0.1) is 6.54 Å². The average Bonchev–Trinajstić information content (AvgIpc) is 2.78. The normalized spacial score (nSPS) is 21.0. The number of hydrogen-bond acceptors (Lipinski definition) is 1. The first-order valence-electron chi connectivity index (χ1n) is 7.76. The Bertz CT molecular complexity index is 658. The molecule has 0 aromatic heterocycles. The lowest BCUT2D eigenvalue weighted by molar-refractivity contribution is -0.137. The minimum absolute atomic E-state index is 0.0790. The Balaban J connectivity index is 2.09. The Labute approximate surface area is 132 Å². The predicted molar refractivity (Wildman–Crippen MR) is 81.5 cm³/mol. The van der Waals surface area contributed by atoms with Crippen LogP contribution in [0.4, 0.5) is 13.2 Å². The van der Waals surface area contributed by atoms with E-state index in [0.717, 1.165) is 44.2 Å². The van der Waals surface area contributed by atoms with Crippen LogP contribution >= 0.6 is 0 Å². The smallest absolute Gasteiger partial charge is 0.416 e. The van der Waals surface area contributed by atoms with Crippen LogP contribution < -0.4 is 5.32 Å². The number of carbonyl (C=O) groups excluding carboxylic acids is 1. The third kappa shape index (κ3) is 2.76. The van der Waals surface area contributed by atoms with Crippen molar-refractivity contribution in [1.29, 1.82) is 0 Å². The molecular weight excluding hydrogens is 305 g/mol. The summed E-state index contributed by atoms with van der Waals surface area (Å²) >= 11 is 0. The molecule has 3 nitrogen and oxygen atoms in total. The van der Waals surface area contributed by atoms with Gasteiger partial charge in [-0.1, -0.05) is 37.0 Å². The van der Waals surface area contributed by atoms with Crippen molar-refractivity contribution in [2.75, 3.05) is 6.54 Å². The van der Waals surface area contributed by atoms with E-state index >= 15 is 0 Å². The number of carbonyl (C=O) groups is 1. The van der Waals surface area contributed by atoms with Crippen molar-refractivity contribution in [2.24, 2.45) is 0 Å². The fourth-order valence-electron chi connectivity index (χ4n) is 3.73. The molecule has 2 N–H and O–H groups in total. The van der Waals surface area contributed by atoms with Crippen LogP contribution in [0.25, 0.3) is 11.3 Å². The molecule has 0 radical (unpaired) electrons. The van der Waals surface area contributed by atoms with Crippen LogP contribution in [0.3, 0.4) is 0 Å². The van der Waals surface area contributed by atoms with Crippen molar-refractivity contribution >= 4 is 11.5 Å². The zero-order valence-corrected chi connectivity index (χ0v) is 12.6. The van der Waals surface area contributed by atoms with Crippen molar-refractivity contribution in [3.8, 4) is 0 Å². The second-order valence-electron chi connectivity index (χ2n) is 6.21. The summed E-state index contributed by atoms with van der Waals surface area (Å²) in [7, 11) is 0. The first-order chi connectivity index (χ1) is 10.9. The highest BCUT2D eigenvalue weighted by Gasteiger charge is 2.44. The maximum Gasteiger partial charge on any atom is 0.416 e. The van der Waals surface area contributed by atoms with E-state index in [1.807, 2.05) is 0 Å². The van der Waals surface area contributed by atoms with Crippen molar-refractivity contribution in [1.82, 2.24) is 5.32 Å². The Morgan fingerprint density at radius 3 is 2.48 bits per heavy atom. The lowest BCUT2D eigenvalue weighted by atomic mass is 9.76. The van der Waals surface area contributed by atoms with Gasteiger partial charge in [0.25, 0.3) is 5.91 Å². The zero-order valence-electron chi connectivity index (χ0n) is 12.6. The molecule has 23 heavy (non-hydrogen) atoms. The molecule has 1 aromatic rings. The minimum atomic E-state index is -4.45. The molecular formula is C17H18F3N2O-. The second-order valence-corrected chi connectivity index (χ2v) is 6.21. The molecule has 1 aliphatic carbocycles. The number of rotatable bonds is 2. The summed E-state index contributed by atoms with van der Waals surface area (Å²) in [5, 5.41) is 2.96. The summed E-state index contributed by atoms with van der Waals surface area (Å²) in [4.78, 5) is 12.4. The zero-order chi connectivity index (χ0) is 16.7. The molecule has 2 aliphatic rings. The van der Waals surface area contributed by atoms with Gasteiger partial charge in [0.05, 0.1) is 11.1 Å². The molecule has 1 fully saturated rings. The molecule has 0 bridgehead atoms. The molecule has 1 saturated carbocycles. The van der Waals surface area contributed by atoms with Gasteiger partial charge in [0.2, 0.25) is 0 Å². The molecule has 1 amide bonds. The van der Waals surface area contributed by atoms with Gasteiger partial charge in [0.1, 0.15) is 0 Å². The summed E-state index contributed by atoms with van der Waals surface area (Å²) in [5.74, 6) is -0.353. The number of amides is 1. The van der Waals surface area contributed by atoms with Gasteiger partial charge < -0.3 is 11.1 Å². The van der Waals surface area contributed by atoms with E-state index in [1.165, 1.54) is 12.1 Å². The number of alkyl halides is 3. The van der Waals surface area contributed by atoms with E-state index in [1.54, 1.807) is 0 Å². The first kappa shape index (κ1) is 16.1. The van der Waals surface area contributed by atoms with Gasteiger partial charge in [-0.3, -0.25) is 4.79 Å². The highest BCUT2D eigenvalue weighted by molar-refractivity contribution is 6.23. The molecule has 6 heteroatoms. The monoisotopic (exact) mass is 323 g/mol. The maximum atomic E-state index is 12.9. The van der Waals surface area contributed by atoms with E-state index < -0.39 is 17.3 Å². The van der Waals surface area contributed by atoms with Gasteiger partial charge in [0, 0.05) is 5.57 Å². The van der Waals surface area contributed by atoms with Crippen LogP contribution in [0.15, 0.2) is 29.8 Å². The molecule has 1 aromatic carbocycles. The fraction of sp³-hybridized carbons (Fsp3) is 0.471. The average molecular weight is 323 g/mol. The number of hydrogen-bond donors (Lipinski definition) is 1. The molecule has 1 heterocycles. The van der Waals surface area contributed by atoms with Crippen molar-refractivity contribution < 1.29 is 18.0 Å². The van der Waals surface area contributed by atoms with Gasteiger partial charge in [-0.05, 0) is 30.5 Å². The third-order valence-corrected chi connectivity index (χ3v) is 4.82. The highest BCUT2D eigenvalue weighted by atomic mass is 19.4. The van der Waals surface area contributed by atoms with Crippen LogP contribution in [-0.2, 0) is 11.0 Å². The van der Waals surface area contributed by atoms with E-state index in [4.69, 9.17) is 5.73 Å². The highest BCUT2D eigenvalue weighted by Crippen LogP contribution is 2.43. The lowest BCUT2D eigenvalue weighted by Gasteiger charge is -2.37. The molecule has 1 spiro atoms. The summed E-state index contributed by atoms with van der Waals surface area (Å²) in [5.41, 5.74) is 7.68. The number of nitrogens with one attached hydrogen (secondary N) is 2. The van der Waals surface area contributed by atoms with Crippen molar-refractivity contribution in [2.45, 2.75) is 43.8 Å². The van der Waals surface area contributed by atoms with Crippen molar-refractivity contribution in [3.63, 3.8) is 0 Å². The van der Waals surface area contributed by atoms with Crippen LogP contribution in [0.2, 0.25) is 0 Å². The Hall–Kier alpha value is -1.82. The summed E-state index contributed by atoms with van der Waals surface area (Å²) in [6.45, 7) is -0.0790.